The van der Waals surface area contributed by atoms with E-state index in [2.05, 4.69) is 5.32 Å². The molecule has 0 radical (unpaired) electrons. The topological polar surface area (TPSA) is 12.0 Å². The van der Waals surface area contributed by atoms with Gasteiger partial charge in [-0.2, -0.15) is 0 Å². The highest BCUT2D eigenvalue weighted by atomic mass is 35.5. The van der Waals surface area contributed by atoms with Gasteiger partial charge in [0.05, 0.1) is 11.1 Å². The Bertz CT molecular complexity index is 547. The molecule has 0 saturated carbocycles. The van der Waals surface area contributed by atoms with Crippen LogP contribution >= 0.6 is 11.6 Å². The Morgan fingerprint density at radius 1 is 1.00 bits per heavy atom. The van der Waals surface area contributed by atoms with Gasteiger partial charge >= 0.3 is 0 Å². The number of halogens is 3. The zero-order valence-electron chi connectivity index (χ0n) is 10.7. The monoisotopic (exact) mass is 281 g/mol. The van der Waals surface area contributed by atoms with Crippen molar-refractivity contribution in [2.75, 3.05) is 7.05 Å². The second-order valence-electron chi connectivity index (χ2n) is 4.40. The largest absolute Gasteiger partial charge is 0.309 e. The predicted molar refractivity (Wildman–Crippen MR) is 73.4 cm³/mol. The number of hydrogen-bond acceptors (Lipinski definition) is 1. The highest BCUT2D eigenvalue weighted by Crippen LogP contribution is 2.26. The molecule has 0 amide bonds. The molecule has 2 aromatic carbocycles. The van der Waals surface area contributed by atoms with Gasteiger partial charge in [0.15, 0.2) is 0 Å². The highest BCUT2D eigenvalue weighted by molar-refractivity contribution is 6.30. The van der Waals surface area contributed by atoms with Crippen LogP contribution in [0.2, 0.25) is 5.02 Å². The Morgan fingerprint density at radius 3 is 2.11 bits per heavy atom. The fourth-order valence-electron chi connectivity index (χ4n) is 2.07. The number of hydrogen-bond donors (Lipinski definition) is 1. The molecule has 0 saturated heterocycles. The summed E-state index contributed by atoms with van der Waals surface area (Å²) in [6, 6.07) is 9.34. The lowest BCUT2D eigenvalue weighted by Gasteiger charge is -2.18. The maximum atomic E-state index is 13.3. The maximum Gasteiger partial charge on any atom is 0.141 e. The van der Waals surface area contributed by atoms with Crippen molar-refractivity contribution in [2.24, 2.45) is 0 Å². The first-order chi connectivity index (χ1) is 9.02. The molecular weight excluding hydrogens is 268 g/mol. The van der Waals surface area contributed by atoms with Crippen molar-refractivity contribution in [1.82, 2.24) is 5.32 Å². The van der Waals surface area contributed by atoms with Gasteiger partial charge in [-0.15, -0.1) is 0 Å². The molecule has 1 N–H and O–H groups in total. The molecule has 19 heavy (non-hydrogen) atoms. The first-order valence-electron chi connectivity index (χ1n) is 5.91. The average molecular weight is 282 g/mol. The van der Waals surface area contributed by atoms with Crippen molar-refractivity contribution >= 4 is 11.6 Å². The summed E-state index contributed by atoms with van der Waals surface area (Å²) in [6.45, 7) is 1.71. The summed E-state index contributed by atoms with van der Waals surface area (Å²) in [6.07, 6.45) is 0. The standard InChI is InChI=1S/C15H14ClF2N/c1-9-7-10(3-5-13(9)17)15(19-2)11-4-6-14(18)12(16)8-11/h3-8,15,19H,1-2H3. The van der Waals surface area contributed by atoms with Crippen LogP contribution in [0.4, 0.5) is 8.78 Å². The molecule has 100 valence electrons. The summed E-state index contributed by atoms with van der Waals surface area (Å²) >= 11 is 5.80. The van der Waals surface area contributed by atoms with E-state index in [-0.39, 0.29) is 16.9 Å². The molecule has 0 fully saturated rings. The quantitative estimate of drug-likeness (QED) is 0.887. The van der Waals surface area contributed by atoms with E-state index in [0.717, 1.165) is 11.1 Å². The molecule has 0 heterocycles. The Kier molecular flexibility index (Phi) is 4.17. The zero-order chi connectivity index (χ0) is 14.0. The number of rotatable bonds is 3. The molecule has 1 atom stereocenters. The minimum Gasteiger partial charge on any atom is -0.309 e. The molecule has 2 rings (SSSR count). The van der Waals surface area contributed by atoms with Gasteiger partial charge in [0.25, 0.3) is 0 Å². The average Bonchev–Trinajstić information content (AvgIpc) is 2.39. The normalized spacial score (nSPS) is 12.5. The SMILES string of the molecule is CNC(c1ccc(F)c(C)c1)c1ccc(F)c(Cl)c1. The molecule has 0 aliphatic heterocycles. The first kappa shape index (κ1) is 14.0. The summed E-state index contributed by atoms with van der Waals surface area (Å²) in [5.41, 5.74) is 2.31. The third-order valence-electron chi connectivity index (χ3n) is 3.08. The van der Waals surface area contributed by atoms with Gasteiger partial charge in [-0.25, -0.2) is 8.78 Å². The third kappa shape index (κ3) is 2.94. The van der Waals surface area contributed by atoms with E-state index in [1.54, 1.807) is 38.2 Å². The van der Waals surface area contributed by atoms with Crippen LogP contribution in [0.3, 0.4) is 0 Å². The van der Waals surface area contributed by atoms with Crippen LogP contribution in [-0.4, -0.2) is 7.05 Å². The van der Waals surface area contributed by atoms with Crippen molar-refractivity contribution in [3.05, 3.63) is 69.7 Å². The minimum absolute atomic E-state index is 0.0802. The fraction of sp³-hybridized carbons (Fsp3) is 0.200. The summed E-state index contributed by atoms with van der Waals surface area (Å²) < 4.78 is 26.5. The second kappa shape index (κ2) is 5.68. The summed E-state index contributed by atoms with van der Waals surface area (Å²) in [5.74, 6) is -0.689. The van der Waals surface area contributed by atoms with Gasteiger partial charge in [0.2, 0.25) is 0 Å². The van der Waals surface area contributed by atoms with E-state index in [1.807, 2.05) is 0 Å². The van der Waals surface area contributed by atoms with Gasteiger partial charge in [0.1, 0.15) is 11.6 Å². The molecular formula is C15H14ClF2N. The van der Waals surface area contributed by atoms with Crippen LogP contribution in [0.5, 0.6) is 0 Å². The number of benzene rings is 2. The Hall–Kier alpha value is -1.45. The third-order valence-corrected chi connectivity index (χ3v) is 3.37. The van der Waals surface area contributed by atoms with Crippen molar-refractivity contribution in [3.8, 4) is 0 Å². The van der Waals surface area contributed by atoms with Crippen molar-refractivity contribution in [1.29, 1.82) is 0 Å². The van der Waals surface area contributed by atoms with E-state index < -0.39 is 5.82 Å². The van der Waals surface area contributed by atoms with E-state index >= 15 is 0 Å². The zero-order valence-corrected chi connectivity index (χ0v) is 11.4. The highest BCUT2D eigenvalue weighted by Gasteiger charge is 2.14. The summed E-state index contributed by atoms with van der Waals surface area (Å²) in [4.78, 5) is 0. The lowest BCUT2D eigenvalue weighted by Crippen LogP contribution is -2.18. The van der Waals surface area contributed by atoms with Crippen LogP contribution in [0, 0.1) is 18.6 Å². The van der Waals surface area contributed by atoms with Crippen molar-refractivity contribution in [2.45, 2.75) is 13.0 Å². The van der Waals surface area contributed by atoms with Crippen LogP contribution in [-0.2, 0) is 0 Å². The van der Waals surface area contributed by atoms with E-state index in [1.165, 1.54) is 12.1 Å². The minimum atomic E-state index is -0.449. The Balaban J connectivity index is 2.43. The molecule has 0 aromatic heterocycles. The van der Waals surface area contributed by atoms with Gasteiger partial charge in [0, 0.05) is 0 Å². The lowest BCUT2D eigenvalue weighted by atomic mass is 9.97. The van der Waals surface area contributed by atoms with Crippen LogP contribution in [0.1, 0.15) is 22.7 Å². The predicted octanol–water partition coefficient (Wildman–Crippen LogP) is 4.24. The van der Waals surface area contributed by atoms with Gasteiger partial charge in [-0.05, 0) is 48.9 Å². The molecule has 0 aliphatic carbocycles. The van der Waals surface area contributed by atoms with E-state index in [4.69, 9.17) is 11.6 Å². The molecule has 2 aromatic rings. The van der Waals surface area contributed by atoms with Crippen LogP contribution in [0.25, 0.3) is 0 Å². The Labute approximate surface area is 116 Å². The fourth-order valence-corrected chi connectivity index (χ4v) is 2.25. The summed E-state index contributed by atoms with van der Waals surface area (Å²) in [5, 5.41) is 3.20. The second-order valence-corrected chi connectivity index (χ2v) is 4.81. The lowest BCUT2D eigenvalue weighted by molar-refractivity contribution is 0.612. The van der Waals surface area contributed by atoms with E-state index in [9.17, 15) is 8.78 Å². The molecule has 1 nitrogen and oxygen atoms in total. The van der Waals surface area contributed by atoms with Crippen molar-refractivity contribution < 1.29 is 8.78 Å². The smallest absolute Gasteiger partial charge is 0.141 e. The van der Waals surface area contributed by atoms with Crippen LogP contribution < -0.4 is 5.32 Å². The van der Waals surface area contributed by atoms with E-state index in [0.29, 0.717) is 5.56 Å². The molecule has 0 bridgehead atoms. The number of nitrogens with one attached hydrogen (secondary N) is 1. The van der Waals surface area contributed by atoms with Crippen LogP contribution in [0.15, 0.2) is 36.4 Å². The number of aryl methyl sites for hydroxylation is 1. The molecule has 1 unspecified atom stereocenters. The van der Waals surface area contributed by atoms with Gasteiger partial charge < -0.3 is 5.32 Å². The molecule has 0 aliphatic rings. The van der Waals surface area contributed by atoms with Gasteiger partial charge in [-0.3, -0.25) is 0 Å². The molecule has 0 spiro atoms. The summed E-state index contributed by atoms with van der Waals surface area (Å²) in [7, 11) is 1.79. The van der Waals surface area contributed by atoms with Gasteiger partial charge in [-0.1, -0.05) is 29.8 Å². The van der Waals surface area contributed by atoms with Crippen molar-refractivity contribution in [3.63, 3.8) is 0 Å². The Morgan fingerprint density at radius 2 is 1.58 bits per heavy atom. The first-order valence-corrected chi connectivity index (χ1v) is 6.29. The maximum absolute atomic E-state index is 13.3. The molecule has 4 heteroatoms.